The second-order valence-electron chi connectivity index (χ2n) is 9.17. The Bertz CT molecular complexity index is 1650. The first-order valence-electron chi connectivity index (χ1n) is 12.0. The summed E-state index contributed by atoms with van der Waals surface area (Å²) in [5.41, 5.74) is 3.64. The van der Waals surface area contributed by atoms with Gasteiger partial charge in [-0.25, -0.2) is 38.5 Å². The van der Waals surface area contributed by atoms with E-state index in [1.54, 1.807) is 17.1 Å². The third-order valence-corrected chi connectivity index (χ3v) is 7.38. The van der Waals surface area contributed by atoms with Crippen LogP contribution >= 0.6 is 0 Å². The van der Waals surface area contributed by atoms with Crippen molar-refractivity contribution in [2.75, 3.05) is 5.32 Å². The molecule has 4 aromatic heterocycles. The normalized spacial score (nSPS) is 14.6. The molecule has 13 heteroatoms. The molecule has 1 aliphatic rings. The lowest BCUT2D eigenvalue weighted by Gasteiger charge is -2.18. The third-order valence-electron chi connectivity index (χ3n) is 6.48. The first-order chi connectivity index (χ1) is 17.7. The SMILES string of the molecule is CCC(C)n1c(=O)c(NCc2ccc(S(N)(=O)=O)cn2)nc2cnc(-c3c(C)ncnc3C3CC3)nc21. The number of anilines is 1. The maximum atomic E-state index is 13.5. The predicted octanol–water partition coefficient (Wildman–Crippen LogP) is 2.45. The van der Waals surface area contributed by atoms with Crippen molar-refractivity contribution in [1.29, 1.82) is 0 Å². The zero-order valence-electron chi connectivity index (χ0n) is 20.7. The summed E-state index contributed by atoms with van der Waals surface area (Å²) in [5, 5.41) is 8.15. The summed E-state index contributed by atoms with van der Waals surface area (Å²) in [7, 11) is -3.84. The molecule has 1 atom stereocenters. The van der Waals surface area contributed by atoms with Gasteiger partial charge in [-0.1, -0.05) is 6.92 Å². The molecule has 0 radical (unpaired) electrons. The van der Waals surface area contributed by atoms with Gasteiger partial charge in [0, 0.05) is 18.2 Å². The zero-order valence-corrected chi connectivity index (χ0v) is 21.5. The maximum Gasteiger partial charge on any atom is 0.295 e. The standard InChI is InChI=1S/C24H27N9O3S/c1-4-13(2)33-23-18(11-28-21(32-23)19-14(3)29-12-30-20(19)15-5-6-15)31-22(24(33)34)27-9-16-7-8-17(10-26-16)37(25,35)36/h7-8,10-13,15H,4-6,9H2,1-3H3,(H,27,31)(H2,25,35,36). The minimum absolute atomic E-state index is 0.0870. The molecule has 12 nitrogen and oxygen atoms in total. The summed E-state index contributed by atoms with van der Waals surface area (Å²) in [6, 6.07) is 2.74. The number of hydrogen-bond donors (Lipinski definition) is 2. The third kappa shape index (κ3) is 4.91. The number of fused-ring (bicyclic) bond motifs is 1. The van der Waals surface area contributed by atoms with Crippen LogP contribution in [0, 0.1) is 6.92 Å². The van der Waals surface area contributed by atoms with Gasteiger partial charge >= 0.3 is 0 Å². The van der Waals surface area contributed by atoms with Gasteiger partial charge in [-0.2, -0.15) is 0 Å². The summed E-state index contributed by atoms with van der Waals surface area (Å²) in [6.07, 6.45) is 7.21. The van der Waals surface area contributed by atoms with E-state index in [0.717, 1.165) is 29.8 Å². The second kappa shape index (κ2) is 9.56. The molecule has 3 N–H and O–H groups in total. The zero-order chi connectivity index (χ0) is 26.3. The molecule has 0 saturated heterocycles. The predicted molar refractivity (Wildman–Crippen MR) is 137 cm³/mol. The van der Waals surface area contributed by atoms with Crippen LogP contribution in [0.1, 0.15) is 62.2 Å². The Morgan fingerprint density at radius 1 is 1.14 bits per heavy atom. The van der Waals surface area contributed by atoms with Gasteiger partial charge in [0.25, 0.3) is 5.56 Å². The lowest BCUT2D eigenvalue weighted by atomic mass is 10.1. The van der Waals surface area contributed by atoms with Crippen LogP contribution in [0.3, 0.4) is 0 Å². The van der Waals surface area contributed by atoms with Crippen LogP contribution in [-0.4, -0.2) is 42.9 Å². The van der Waals surface area contributed by atoms with Crippen molar-refractivity contribution < 1.29 is 8.42 Å². The van der Waals surface area contributed by atoms with E-state index in [2.05, 4.69) is 30.2 Å². The first-order valence-corrected chi connectivity index (χ1v) is 13.5. The van der Waals surface area contributed by atoms with E-state index >= 15 is 0 Å². The fourth-order valence-electron chi connectivity index (χ4n) is 4.12. The van der Waals surface area contributed by atoms with Crippen molar-refractivity contribution in [1.82, 2.24) is 34.5 Å². The van der Waals surface area contributed by atoms with Crippen molar-refractivity contribution in [3.63, 3.8) is 0 Å². The van der Waals surface area contributed by atoms with Gasteiger partial charge in [-0.15, -0.1) is 0 Å². The molecule has 5 rings (SSSR count). The van der Waals surface area contributed by atoms with Gasteiger partial charge in [0.2, 0.25) is 10.0 Å². The van der Waals surface area contributed by atoms with Gasteiger partial charge in [0.1, 0.15) is 16.7 Å². The van der Waals surface area contributed by atoms with Crippen LogP contribution in [-0.2, 0) is 16.6 Å². The van der Waals surface area contributed by atoms with Gasteiger partial charge in [-0.3, -0.25) is 14.3 Å². The van der Waals surface area contributed by atoms with Gasteiger partial charge < -0.3 is 5.32 Å². The Morgan fingerprint density at radius 2 is 1.92 bits per heavy atom. The molecule has 0 spiro atoms. The van der Waals surface area contributed by atoms with E-state index in [0.29, 0.717) is 35.0 Å². The minimum Gasteiger partial charge on any atom is -0.360 e. The summed E-state index contributed by atoms with van der Waals surface area (Å²) in [4.78, 5) is 40.3. The molecule has 1 saturated carbocycles. The average Bonchev–Trinajstić information content (AvgIpc) is 3.72. The van der Waals surface area contributed by atoms with Gasteiger partial charge in [0.15, 0.2) is 17.3 Å². The maximum absolute atomic E-state index is 13.5. The fourth-order valence-corrected chi connectivity index (χ4v) is 4.58. The number of rotatable bonds is 8. The average molecular weight is 522 g/mol. The highest BCUT2D eigenvalue weighted by molar-refractivity contribution is 7.89. The second-order valence-corrected chi connectivity index (χ2v) is 10.7. The van der Waals surface area contributed by atoms with Gasteiger partial charge in [-0.05, 0) is 45.2 Å². The molecule has 1 unspecified atom stereocenters. The molecular weight excluding hydrogens is 494 g/mol. The number of nitrogens with one attached hydrogen (secondary N) is 1. The molecule has 4 heterocycles. The number of nitrogens with two attached hydrogens (primary N) is 1. The molecule has 4 aromatic rings. The molecule has 0 amide bonds. The summed E-state index contributed by atoms with van der Waals surface area (Å²) >= 11 is 0. The number of sulfonamides is 1. The molecule has 0 bridgehead atoms. The lowest BCUT2D eigenvalue weighted by molar-refractivity contribution is 0.526. The Morgan fingerprint density at radius 3 is 2.57 bits per heavy atom. The quantitative estimate of drug-likeness (QED) is 0.351. The van der Waals surface area contributed by atoms with Crippen LogP contribution < -0.4 is 16.0 Å². The van der Waals surface area contributed by atoms with Crippen LogP contribution in [0.25, 0.3) is 22.6 Å². The number of primary sulfonamides is 1. The number of aryl methyl sites for hydroxylation is 1. The van der Waals surface area contributed by atoms with Crippen molar-refractivity contribution in [2.45, 2.75) is 63.4 Å². The smallest absolute Gasteiger partial charge is 0.295 e. The van der Waals surface area contributed by atoms with Crippen molar-refractivity contribution in [3.8, 4) is 11.4 Å². The minimum atomic E-state index is -3.84. The molecule has 1 fully saturated rings. The summed E-state index contributed by atoms with van der Waals surface area (Å²) in [5.74, 6) is 0.982. The van der Waals surface area contributed by atoms with Crippen molar-refractivity contribution in [3.05, 3.63) is 58.3 Å². The van der Waals surface area contributed by atoms with Crippen LogP contribution in [0.2, 0.25) is 0 Å². The number of pyridine rings is 1. The Balaban J connectivity index is 1.55. The Kier molecular flexibility index (Phi) is 6.42. The number of aromatic nitrogens is 7. The molecular formula is C24H27N9O3S. The fraction of sp³-hybridized carbons (Fsp3) is 0.375. The molecule has 1 aliphatic carbocycles. The van der Waals surface area contributed by atoms with E-state index < -0.39 is 10.0 Å². The van der Waals surface area contributed by atoms with Crippen molar-refractivity contribution in [2.24, 2.45) is 5.14 Å². The highest BCUT2D eigenvalue weighted by atomic mass is 32.2. The van der Waals surface area contributed by atoms with Gasteiger partial charge in [0.05, 0.1) is 35.4 Å². The van der Waals surface area contributed by atoms with Crippen LogP contribution in [0.4, 0.5) is 5.82 Å². The summed E-state index contributed by atoms with van der Waals surface area (Å²) < 4.78 is 24.5. The monoisotopic (exact) mass is 521 g/mol. The lowest BCUT2D eigenvalue weighted by Crippen LogP contribution is -2.28. The van der Waals surface area contributed by atoms with E-state index in [4.69, 9.17) is 10.1 Å². The van der Waals surface area contributed by atoms with E-state index in [-0.39, 0.29) is 28.9 Å². The van der Waals surface area contributed by atoms with E-state index in [9.17, 15) is 13.2 Å². The van der Waals surface area contributed by atoms with E-state index in [1.807, 2.05) is 20.8 Å². The van der Waals surface area contributed by atoms with Crippen LogP contribution in [0.5, 0.6) is 0 Å². The number of hydrogen-bond acceptors (Lipinski definition) is 10. The summed E-state index contributed by atoms with van der Waals surface area (Å²) in [6.45, 7) is 6.01. The first kappa shape index (κ1) is 24.8. The largest absolute Gasteiger partial charge is 0.360 e. The topological polar surface area (TPSA) is 172 Å². The Labute approximate surface area is 213 Å². The number of nitrogens with zero attached hydrogens (tertiary/aromatic N) is 7. The van der Waals surface area contributed by atoms with Crippen molar-refractivity contribution >= 4 is 27.0 Å². The molecule has 37 heavy (non-hydrogen) atoms. The van der Waals surface area contributed by atoms with E-state index in [1.165, 1.54) is 18.3 Å². The Hall–Kier alpha value is -3.84. The molecule has 192 valence electrons. The molecule has 0 aliphatic heterocycles. The highest BCUT2D eigenvalue weighted by Crippen LogP contribution is 2.43. The highest BCUT2D eigenvalue weighted by Gasteiger charge is 2.30. The molecule has 0 aromatic carbocycles. The van der Waals surface area contributed by atoms with Crippen LogP contribution in [0.15, 0.2) is 40.5 Å².